The minimum absolute atomic E-state index is 0.176. The Kier molecular flexibility index (Phi) is 6.20. The zero-order chi connectivity index (χ0) is 23.3. The zero-order valence-electron chi connectivity index (χ0n) is 19.6. The standard InChI is InChI=1S/C25H36N2O4S/c1-16-23(32(26,29)30)14-21(27(16)15-17-8-6-5-7-9-17)18-12-19-22(28)10-11-31-24(19)20(13-18)25(2,3)4/h12-14,17,22,28H,5-11,15H2,1-4H3,(H2,26,29,30). The Balaban J connectivity index is 1.91. The molecule has 1 aliphatic heterocycles. The van der Waals surface area contributed by atoms with Crippen LogP contribution in [0.3, 0.4) is 0 Å². The van der Waals surface area contributed by atoms with Gasteiger partial charge >= 0.3 is 0 Å². The molecule has 6 nitrogen and oxygen atoms in total. The maximum atomic E-state index is 12.4. The third-order valence-electron chi connectivity index (χ3n) is 7.01. The van der Waals surface area contributed by atoms with Crippen molar-refractivity contribution in [3.63, 3.8) is 0 Å². The zero-order valence-corrected chi connectivity index (χ0v) is 20.5. The summed E-state index contributed by atoms with van der Waals surface area (Å²) in [4.78, 5) is 0.176. The van der Waals surface area contributed by atoms with Crippen LogP contribution in [0.15, 0.2) is 23.1 Å². The van der Waals surface area contributed by atoms with E-state index in [-0.39, 0.29) is 10.3 Å². The minimum Gasteiger partial charge on any atom is -0.493 e. The van der Waals surface area contributed by atoms with Crippen LogP contribution in [0.2, 0.25) is 0 Å². The summed E-state index contributed by atoms with van der Waals surface area (Å²) in [5.74, 6) is 1.28. The molecule has 1 aromatic carbocycles. The first-order valence-corrected chi connectivity index (χ1v) is 13.2. The molecule has 0 spiro atoms. The molecule has 2 aromatic rings. The summed E-state index contributed by atoms with van der Waals surface area (Å²) in [6, 6.07) is 5.76. The quantitative estimate of drug-likeness (QED) is 0.685. The van der Waals surface area contributed by atoms with Gasteiger partial charge in [-0.15, -0.1) is 0 Å². The number of fused-ring (bicyclic) bond motifs is 1. The SMILES string of the molecule is Cc1c(S(N)(=O)=O)cc(-c2cc3c(c(C(C)(C)C)c2)OCCC3O)n1CC1CCCCC1. The number of aliphatic hydroxyl groups is 1. The molecule has 176 valence electrons. The second-order valence-corrected chi connectivity index (χ2v) is 12.0. The van der Waals surface area contributed by atoms with Gasteiger partial charge in [0.2, 0.25) is 10.0 Å². The van der Waals surface area contributed by atoms with E-state index in [4.69, 9.17) is 9.88 Å². The predicted molar refractivity (Wildman–Crippen MR) is 126 cm³/mol. The molecule has 1 atom stereocenters. The van der Waals surface area contributed by atoms with Crippen LogP contribution in [-0.4, -0.2) is 24.7 Å². The van der Waals surface area contributed by atoms with Crippen molar-refractivity contribution in [1.29, 1.82) is 0 Å². The van der Waals surface area contributed by atoms with Gasteiger partial charge in [-0.1, -0.05) is 40.0 Å². The maximum absolute atomic E-state index is 12.4. The third-order valence-corrected chi connectivity index (χ3v) is 8.04. The lowest BCUT2D eigenvalue weighted by Gasteiger charge is -2.31. The van der Waals surface area contributed by atoms with Crippen molar-refractivity contribution in [1.82, 2.24) is 4.57 Å². The first kappa shape index (κ1) is 23.3. The van der Waals surface area contributed by atoms with Crippen LogP contribution in [0.1, 0.15) is 82.2 Å². The lowest BCUT2D eigenvalue weighted by Crippen LogP contribution is -2.21. The second kappa shape index (κ2) is 8.50. The molecule has 32 heavy (non-hydrogen) atoms. The van der Waals surface area contributed by atoms with Gasteiger partial charge in [-0.3, -0.25) is 0 Å². The molecule has 0 bridgehead atoms. The van der Waals surface area contributed by atoms with Gasteiger partial charge in [-0.2, -0.15) is 0 Å². The van der Waals surface area contributed by atoms with Gasteiger partial charge in [0, 0.05) is 35.5 Å². The van der Waals surface area contributed by atoms with Crippen LogP contribution in [0.5, 0.6) is 5.75 Å². The fraction of sp³-hybridized carbons (Fsp3) is 0.600. The fourth-order valence-corrected chi connectivity index (χ4v) is 6.00. The molecule has 1 aliphatic carbocycles. The van der Waals surface area contributed by atoms with Crippen molar-refractivity contribution < 1.29 is 18.3 Å². The van der Waals surface area contributed by atoms with E-state index >= 15 is 0 Å². The lowest BCUT2D eigenvalue weighted by molar-refractivity contribution is 0.114. The number of primary sulfonamides is 1. The molecule has 2 aliphatic rings. The topological polar surface area (TPSA) is 94.6 Å². The Hall–Kier alpha value is -1.83. The number of rotatable bonds is 4. The van der Waals surface area contributed by atoms with Crippen molar-refractivity contribution in [2.75, 3.05) is 6.61 Å². The number of nitrogens with zero attached hydrogens (tertiary/aromatic N) is 1. The fourth-order valence-electron chi connectivity index (χ4n) is 5.20. The van der Waals surface area contributed by atoms with E-state index < -0.39 is 16.1 Å². The van der Waals surface area contributed by atoms with Crippen LogP contribution in [0.25, 0.3) is 11.3 Å². The van der Waals surface area contributed by atoms with Crippen LogP contribution >= 0.6 is 0 Å². The molecule has 4 rings (SSSR count). The maximum Gasteiger partial charge on any atom is 0.239 e. The highest BCUT2D eigenvalue weighted by Gasteiger charge is 2.30. The smallest absolute Gasteiger partial charge is 0.239 e. The van der Waals surface area contributed by atoms with E-state index in [2.05, 4.69) is 31.4 Å². The van der Waals surface area contributed by atoms with Gasteiger partial charge in [-0.05, 0) is 54.9 Å². The second-order valence-electron chi connectivity index (χ2n) is 10.5. The monoisotopic (exact) mass is 460 g/mol. The van der Waals surface area contributed by atoms with Gasteiger partial charge in [0.1, 0.15) is 10.6 Å². The van der Waals surface area contributed by atoms with E-state index in [0.717, 1.165) is 47.5 Å². The first-order chi connectivity index (χ1) is 15.0. The van der Waals surface area contributed by atoms with Gasteiger partial charge in [0.15, 0.2) is 0 Å². The van der Waals surface area contributed by atoms with Crippen molar-refractivity contribution >= 4 is 10.0 Å². The van der Waals surface area contributed by atoms with Crippen molar-refractivity contribution in [2.45, 2.75) is 89.2 Å². The predicted octanol–water partition coefficient (Wildman–Crippen LogP) is 4.80. The number of nitrogens with two attached hydrogens (primary N) is 1. The molecule has 7 heteroatoms. The highest BCUT2D eigenvalue weighted by Crippen LogP contribution is 2.44. The van der Waals surface area contributed by atoms with E-state index in [9.17, 15) is 13.5 Å². The molecule has 0 amide bonds. The van der Waals surface area contributed by atoms with Gasteiger partial charge in [0.05, 0.1) is 12.7 Å². The molecule has 1 unspecified atom stereocenters. The largest absolute Gasteiger partial charge is 0.493 e. The van der Waals surface area contributed by atoms with Gasteiger partial charge < -0.3 is 14.4 Å². The third kappa shape index (κ3) is 4.47. The van der Waals surface area contributed by atoms with E-state index in [0.29, 0.717) is 24.6 Å². The van der Waals surface area contributed by atoms with E-state index in [1.807, 2.05) is 13.0 Å². The van der Waals surface area contributed by atoms with E-state index in [1.54, 1.807) is 6.07 Å². The summed E-state index contributed by atoms with van der Waals surface area (Å²) in [5, 5.41) is 16.3. The number of sulfonamides is 1. The van der Waals surface area contributed by atoms with Crippen LogP contribution in [0, 0.1) is 12.8 Å². The summed E-state index contributed by atoms with van der Waals surface area (Å²) in [5.41, 5.74) is 4.01. The average molecular weight is 461 g/mol. The van der Waals surface area contributed by atoms with Crippen LogP contribution < -0.4 is 9.88 Å². The van der Waals surface area contributed by atoms with Crippen molar-refractivity contribution in [2.24, 2.45) is 11.1 Å². The number of hydrogen-bond donors (Lipinski definition) is 2. The molecule has 1 saturated carbocycles. The number of hydrogen-bond acceptors (Lipinski definition) is 4. The number of aliphatic hydroxyl groups excluding tert-OH is 1. The average Bonchev–Trinajstić information content (AvgIpc) is 3.04. The molecule has 1 aromatic heterocycles. The summed E-state index contributed by atoms with van der Waals surface area (Å²) in [6.45, 7) is 9.48. The Morgan fingerprint density at radius 1 is 1.12 bits per heavy atom. The summed E-state index contributed by atoms with van der Waals surface area (Å²) in [7, 11) is -3.85. The first-order valence-electron chi connectivity index (χ1n) is 11.7. The van der Waals surface area contributed by atoms with E-state index in [1.165, 1.54) is 19.3 Å². The van der Waals surface area contributed by atoms with Crippen molar-refractivity contribution in [3.05, 3.63) is 35.0 Å². The summed E-state index contributed by atoms with van der Waals surface area (Å²) < 4.78 is 32.8. The molecule has 1 fully saturated rings. The Bertz CT molecular complexity index is 1110. The molecule has 2 heterocycles. The molecular formula is C25H36N2O4S. The minimum atomic E-state index is -3.85. The highest BCUT2D eigenvalue weighted by molar-refractivity contribution is 7.89. The lowest BCUT2D eigenvalue weighted by atomic mass is 9.82. The Morgan fingerprint density at radius 2 is 1.81 bits per heavy atom. The summed E-state index contributed by atoms with van der Waals surface area (Å²) in [6.07, 6.45) is 5.98. The number of ether oxygens (including phenoxy) is 1. The van der Waals surface area contributed by atoms with Crippen LogP contribution in [0.4, 0.5) is 0 Å². The highest BCUT2D eigenvalue weighted by atomic mass is 32.2. The normalized spacial score (nSPS) is 20.1. The Labute approximate surface area is 191 Å². The van der Waals surface area contributed by atoms with Gasteiger partial charge in [-0.25, -0.2) is 13.6 Å². The van der Waals surface area contributed by atoms with Crippen molar-refractivity contribution in [3.8, 4) is 17.0 Å². The van der Waals surface area contributed by atoms with Crippen LogP contribution in [-0.2, 0) is 22.0 Å². The Morgan fingerprint density at radius 3 is 2.44 bits per heavy atom. The molecule has 0 saturated heterocycles. The van der Waals surface area contributed by atoms with Gasteiger partial charge in [0.25, 0.3) is 0 Å². The molecule has 3 N–H and O–H groups in total. The number of benzene rings is 1. The molecule has 0 radical (unpaired) electrons. The molecular weight excluding hydrogens is 424 g/mol. The number of aromatic nitrogens is 1. The summed E-state index contributed by atoms with van der Waals surface area (Å²) >= 11 is 0.